The normalized spacial score (nSPS) is 11.1. The third-order valence-electron chi connectivity index (χ3n) is 5.04. The van der Waals surface area contributed by atoms with E-state index in [0.29, 0.717) is 16.8 Å². The average Bonchev–Trinajstić information content (AvgIpc) is 3.29. The standard InChI is InChI=1S/C28H26N2O3/c1-28(2,3)33-27(32)30-22-15-13-20(14-16-22)25-17-21(18-29-25)26(31)24-12-8-7-11-23(24)19-9-5-4-6-10-19/h4-18,29H,1-3H3,(H,30,32). The third kappa shape index (κ3) is 5.39. The maximum atomic E-state index is 13.3. The summed E-state index contributed by atoms with van der Waals surface area (Å²) in [4.78, 5) is 28.4. The number of amides is 1. The van der Waals surface area contributed by atoms with Crippen LogP contribution in [0.3, 0.4) is 0 Å². The summed E-state index contributed by atoms with van der Waals surface area (Å²) in [6.45, 7) is 5.45. The molecule has 0 aliphatic carbocycles. The highest BCUT2D eigenvalue weighted by molar-refractivity contribution is 6.13. The molecular formula is C28H26N2O3. The van der Waals surface area contributed by atoms with Gasteiger partial charge >= 0.3 is 6.09 Å². The molecule has 4 aromatic rings. The first-order valence-corrected chi connectivity index (χ1v) is 10.8. The molecule has 1 heterocycles. The van der Waals surface area contributed by atoms with Crippen LogP contribution in [0.4, 0.5) is 10.5 Å². The first-order chi connectivity index (χ1) is 15.8. The molecule has 0 unspecified atom stereocenters. The number of hydrogen-bond acceptors (Lipinski definition) is 3. The van der Waals surface area contributed by atoms with E-state index in [0.717, 1.165) is 22.4 Å². The van der Waals surface area contributed by atoms with Crippen LogP contribution in [0.15, 0.2) is 91.1 Å². The highest BCUT2D eigenvalue weighted by atomic mass is 16.6. The number of hydrogen-bond donors (Lipinski definition) is 2. The van der Waals surface area contributed by atoms with Crippen molar-refractivity contribution in [2.45, 2.75) is 26.4 Å². The molecule has 0 atom stereocenters. The highest BCUT2D eigenvalue weighted by Crippen LogP contribution is 2.27. The van der Waals surface area contributed by atoms with E-state index in [1.54, 1.807) is 18.3 Å². The van der Waals surface area contributed by atoms with Crippen molar-refractivity contribution in [2.24, 2.45) is 0 Å². The Labute approximate surface area is 193 Å². The molecule has 33 heavy (non-hydrogen) atoms. The SMILES string of the molecule is CC(C)(C)OC(=O)Nc1ccc(-c2cc(C(=O)c3ccccc3-c3ccccc3)c[nH]2)cc1. The molecule has 0 fully saturated rings. The van der Waals surface area contributed by atoms with Gasteiger partial charge in [-0.2, -0.15) is 0 Å². The number of carbonyl (C=O) groups excluding carboxylic acids is 2. The van der Waals surface area contributed by atoms with E-state index in [2.05, 4.69) is 10.3 Å². The summed E-state index contributed by atoms with van der Waals surface area (Å²) >= 11 is 0. The van der Waals surface area contributed by atoms with Crippen molar-refractivity contribution in [2.75, 3.05) is 5.32 Å². The smallest absolute Gasteiger partial charge is 0.412 e. The van der Waals surface area contributed by atoms with Crippen molar-refractivity contribution < 1.29 is 14.3 Å². The van der Waals surface area contributed by atoms with Crippen LogP contribution in [-0.2, 0) is 4.74 Å². The molecule has 5 heteroatoms. The van der Waals surface area contributed by atoms with Crippen molar-refractivity contribution in [3.05, 3.63) is 102 Å². The van der Waals surface area contributed by atoms with Crippen LogP contribution in [0.2, 0.25) is 0 Å². The maximum absolute atomic E-state index is 13.3. The Kier molecular flexibility index (Phi) is 6.13. The Morgan fingerprint density at radius 3 is 2.18 bits per heavy atom. The lowest BCUT2D eigenvalue weighted by Crippen LogP contribution is -2.27. The van der Waals surface area contributed by atoms with Gasteiger partial charge < -0.3 is 9.72 Å². The second-order valence-electron chi connectivity index (χ2n) is 8.75. The number of aromatic nitrogens is 1. The lowest BCUT2D eigenvalue weighted by atomic mass is 9.95. The minimum absolute atomic E-state index is 0.0415. The molecule has 1 amide bonds. The molecule has 0 aliphatic heterocycles. The third-order valence-corrected chi connectivity index (χ3v) is 5.04. The van der Waals surface area contributed by atoms with E-state index < -0.39 is 11.7 Å². The highest BCUT2D eigenvalue weighted by Gasteiger charge is 2.17. The largest absolute Gasteiger partial charge is 0.444 e. The van der Waals surface area contributed by atoms with Gasteiger partial charge in [-0.05, 0) is 55.7 Å². The summed E-state index contributed by atoms with van der Waals surface area (Å²) in [6, 6.07) is 26.7. The molecule has 166 valence electrons. The fraction of sp³-hybridized carbons (Fsp3) is 0.143. The van der Waals surface area contributed by atoms with Gasteiger partial charge in [0.25, 0.3) is 0 Å². The Morgan fingerprint density at radius 1 is 0.818 bits per heavy atom. The van der Waals surface area contributed by atoms with E-state index in [1.165, 1.54) is 0 Å². The molecule has 3 aromatic carbocycles. The van der Waals surface area contributed by atoms with Gasteiger partial charge in [-0.25, -0.2) is 4.79 Å². The average molecular weight is 439 g/mol. The van der Waals surface area contributed by atoms with E-state index >= 15 is 0 Å². The molecule has 1 aromatic heterocycles. The zero-order valence-electron chi connectivity index (χ0n) is 18.9. The van der Waals surface area contributed by atoms with Crippen LogP contribution in [0.25, 0.3) is 22.4 Å². The number of aromatic amines is 1. The van der Waals surface area contributed by atoms with Gasteiger partial charge in [-0.15, -0.1) is 0 Å². The van der Waals surface area contributed by atoms with Crippen LogP contribution in [0.1, 0.15) is 36.7 Å². The fourth-order valence-corrected chi connectivity index (χ4v) is 3.55. The quantitative estimate of drug-likeness (QED) is 0.332. The Morgan fingerprint density at radius 2 is 1.48 bits per heavy atom. The summed E-state index contributed by atoms with van der Waals surface area (Å²) < 4.78 is 5.28. The van der Waals surface area contributed by atoms with Crippen molar-refractivity contribution in [1.29, 1.82) is 0 Å². The van der Waals surface area contributed by atoms with Crippen molar-refractivity contribution in [3.8, 4) is 22.4 Å². The lowest BCUT2D eigenvalue weighted by Gasteiger charge is -2.19. The minimum Gasteiger partial charge on any atom is -0.444 e. The van der Waals surface area contributed by atoms with Crippen LogP contribution in [0, 0.1) is 0 Å². The maximum Gasteiger partial charge on any atom is 0.412 e. The fourth-order valence-electron chi connectivity index (χ4n) is 3.55. The van der Waals surface area contributed by atoms with Gasteiger partial charge in [0.05, 0.1) is 0 Å². The summed E-state index contributed by atoms with van der Waals surface area (Å²) in [6.07, 6.45) is 1.23. The molecule has 0 radical (unpaired) electrons. The summed E-state index contributed by atoms with van der Waals surface area (Å²) in [5.74, 6) is -0.0415. The Hall–Kier alpha value is -4.12. The Bertz CT molecular complexity index is 1270. The topological polar surface area (TPSA) is 71.2 Å². The lowest BCUT2D eigenvalue weighted by molar-refractivity contribution is 0.0635. The molecule has 0 saturated heterocycles. The van der Waals surface area contributed by atoms with E-state index in [1.807, 2.05) is 93.6 Å². The van der Waals surface area contributed by atoms with Crippen LogP contribution in [0.5, 0.6) is 0 Å². The molecule has 0 bridgehead atoms. The number of ether oxygens (including phenoxy) is 1. The summed E-state index contributed by atoms with van der Waals surface area (Å²) in [5.41, 5.74) is 4.95. The number of nitrogens with one attached hydrogen (secondary N) is 2. The summed E-state index contributed by atoms with van der Waals surface area (Å²) in [7, 11) is 0. The number of H-pyrrole nitrogens is 1. The van der Waals surface area contributed by atoms with Gasteiger partial charge in [0.15, 0.2) is 5.78 Å². The number of ketones is 1. The van der Waals surface area contributed by atoms with Crippen molar-refractivity contribution >= 4 is 17.6 Å². The van der Waals surface area contributed by atoms with Gasteiger partial charge in [0.2, 0.25) is 0 Å². The van der Waals surface area contributed by atoms with Gasteiger partial charge in [0.1, 0.15) is 5.60 Å². The van der Waals surface area contributed by atoms with Crippen LogP contribution in [-0.4, -0.2) is 22.5 Å². The van der Waals surface area contributed by atoms with E-state index in [-0.39, 0.29) is 5.78 Å². The Balaban J connectivity index is 1.52. The van der Waals surface area contributed by atoms with E-state index in [9.17, 15) is 9.59 Å². The first kappa shape index (κ1) is 22.1. The first-order valence-electron chi connectivity index (χ1n) is 10.8. The molecule has 0 spiro atoms. The van der Waals surface area contributed by atoms with Crippen molar-refractivity contribution in [3.63, 3.8) is 0 Å². The van der Waals surface area contributed by atoms with Crippen molar-refractivity contribution in [1.82, 2.24) is 4.98 Å². The molecule has 2 N–H and O–H groups in total. The molecular weight excluding hydrogens is 412 g/mol. The van der Waals surface area contributed by atoms with Crippen LogP contribution >= 0.6 is 0 Å². The number of rotatable bonds is 5. The second-order valence-corrected chi connectivity index (χ2v) is 8.75. The molecule has 4 rings (SSSR count). The molecule has 0 aliphatic rings. The zero-order valence-corrected chi connectivity index (χ0v) is 18.9. The van der Waals surface area contributed by atoms with Gasteiger partial charge in [0, 0.05) is 28.7 Å². The molecule has 0 saturated carbocycles. The summed E-state index contributed by atoms with van der Waals surface area (Å²) in [5, 5.41) is 2.72. The monoisotopic (exact) mass is 438 g/mol. The predicted octanol–water partition coefficient (Wildman–Crippen LogP) is 6.93. The van der Waals surface area contributed by atoms with E-state index in [4.69, 9.17) is 4.74 Å². The number of benzene rings is 3. The number of carbonyl (C=O) groups is 2. The molecule has 5 nitrogen and oxygen atoms in total. The second kappa shape index (κ2) is 9.17. The van der Waals surface area contributed by atoms with Gasteiger partial charge in [-0.3, -0.25) is 10.1 Å². The predicted molar refractivity (Wildman–Crippen MR) is 131 cm³/mol. The zero-order chi connectivity index (χ0) is 23.4. The van der Waals surface area contributed by atoms with Gasteiger partial charge in [-0.1, -0.05) is 66.7 Å². The number of anilines is 1. The van der Waals surface area contributed by atoms with Crippen LogP contribution < -0.4 is 5.32 Å². The minimum atomic E-state index is -0.559.